The number of halogens is 2. The Morgan fingerprint density at radius 3 is 2.64 bits per heavy atom. The van der Waals surface area contributed by atoms with E-state index in [0.29, 0.717) is 22.8 Å². The van der Waals surface area contributed by atoms with Crippen molar-refractivity contribution in [3.8, 4) is 0 Å². The summed E-state index contributed by atoms with van der Waals surface area (Å²) in [7, 11) is 1.56. The molecule has 0 radical (unpaired) electrons. The molecule has 0 N–H and O–H groups in total. The van der Waals surface area contributed by atoms with Crippen molar-refractivity contribution in [1.82, 2.24) is 9.55 Å². The first-order valence-electron chi connectivity index (χ1n) is 8.45. The van der Waals surface area contributed by atoms with E-state index >= 15 is 0 Å². The molecule has 3 rings (SSSR count). The van der Waals surface area contributed by atoms with Crippen LogP contribution >= 0.6 is 0 Å². The summed E-state index contributed by atoms with van der Waals surface area (Å²) in [4.78, 5) is 40.5. The summed E-state index contributed by atoms with van der Waals surface area (Å²) in [6, 6.07) is 9.40. The normalized spacial score (nSPS) is 10.8. The molecule has 6 nitrogen and oxygen atoms in total. The molecule has 144 valence electrons. The molecule has 8 heteroatoms. The van der Waals surface area contributed by atoms with Crippen molar-refractivity contribution in [2.75, 3.05) is 6.61 Å². The number of hydrogen-bond donors (Lipinski definition) is 0. The summed E-state index contributed by atoms with van der Waals surface area (Å²) in [6.45, 7) is -0.661. The fourth-order valence-electron chi connectivity index (χ4n) is 2.71. The van der Waals surface area contributed by atoms with Crippen LogP contribution in [0.5, 0.6) is 0 Å². The molecule has 0 spiro atoms. The highest BCUT2D eigenvalue weighted by Crippen LogP contribution is 2.11. The second kappa shape index (κ2) is 8.08. The highest BCUT2D eigenvalue weighted by Gasteiger charge is 2.16. The maximum absolute atomic E-state index is 13.6. The predicted octanol–water partition coefficient (Wildman–Crippen LogP) is 2.57. The predicted molar refractivity (Wildman–Crippen MR) is 97.0 cm³/mol. The number of carbonyl (C=O) groups is 2. The number of fused-ring (bicyclic) bond motifs is 1. The van der Waals surface area contributed by atoms with Gasteiger partial charge < -0.3 is 4.74 Å². The Morgan fingerprint density at radius 1 is 1.14 bits per heavy atom. The molecule has 2 aromatic carbocycles. The zero-order valence-electron chi connectivity index (χ0n) is 14.9. The Bertz CT molecular complexity index is 1120. The van der Waals surface area contributed by atoms with Crippen molar-refractivity contribution in [3.63, 3.8) is 0 Å². The summed E-state index contributed by atoms with van der Waals surface area (Å²) in [5, 5.41) is 0.475. The molecule has 0 aliphatic carbocycles. The van der Waals surface area contributed by atoms with E-state index in [1.807, 2.05) is 0 Å². The SMILES string of the molecule is Cn1c(CCC(=O)OCC(=O)c2ccc(F)cc2F)nc2ccccc2c1=O. The molecule has 0 unspecified atom stereocenters. The third kappa shape index (κ3) is 4.11. The molecule has 28 heavy (non-hydrogen) atoms. The molecule has 0 fully saturated rings. The fraction of sp³-hybridized carbons (Fsp3) is 0.200. The number of aryl methyl sites for hydroxylation is 1. The summed E-state index contributed by atoms with van der Waals surface area (Å²) < 4.78 is 32.7. The third-order valence-corrected chi connectivity index (χ3v) is 4.22. The lowest BCUT2D eigenvalue weighted by atomic mass is 10.1. The maximum atomic E-state index is 13.6. The molecule has 0 aliphatic heterocycles. The summed E-state index contributed by atoms with van der Waals surface area (Å²) in [5.74, 6) is -2.90. The number of para-hydroxylation sites is 1. The minimum Gasteiger partial charge on any atom is -0.457 e. The lowest BCUT2D eigenvalue weighted by Gasteiger charge is -2.09. The van der Waals surface area contributed by atoms with Crippen molar-refractivity contribution in [1.29, 1.82) is 0 Å². The van der Waals surface area contributed by atoms with Gasteiger partial charge in [-0.3, -0.25) is 19.0 Å². The first-order chi connectivity index (χ1) is 13.4. The number of aromatic nitrogens is 2. The second-order valence-electron chi connectivity index (χ2n) is 6.12. The molecule has 3 aromatic rings. The van der Waals surface area contributed by atoms with E-state index in [-0.39, 0.29) is 24.0 Å². The molecule has 1 heterocycles. The molecule has 0 saturated carbocycles. The molecule has 1 aromatic heterocycles. The first-order valence-corrected chi connectivity index (χ1v) is 8.45. The average molecular weight is 386 g/mol. The Balaban J connectivity index is 1.62. The van der Waals surface area contributed by atoms with Crippen molar-refractivity contribution in [3.05, 3.63) is 75.8 Å². The van der Waals surface area contributed by atoms with E-state index in [0.717, 1.165) is 12.1 Å². The van der Waals surface area contributed by atoms with Crippen LogP contribution in [0.4, 0.5) is 8.78 Å². The molecule has 0 atom stereocenters. The minimum absolute atomic E-state index is 0.113. The number of nitrogens with zero attached hydrogens (tertiary/aromatic N) is 2. The monoisotopic (exact) mass is 386 g/mol. The van der Waals surface area contributed by atoms with Crippen LogP contribution in [-0.2, 0) is 23.0 Å². The van der Waals surface area contributed by atoms with Gasteiger partial charge in [-0.1, -0.05) is 12.1 Å². The van der Waals surface area contributed by atoms with Gasteiger partial charge in [0, 0.05) is 19.5 Å². The second-order valence-corrected chi connectivity index (χ2v) is 6.12. The largest absolute Gasteiger partial charge is 0.457 e. The summed E-state index contributed by atoms with van der Waals surface area (Å²) in [6.07, 6.45) is 0.0201. The molecular weight excluding hydrogens is 370 g/mol. The van der Waals surface area contributed by atoms with Gasteiger partial charge in [0.05, 0.1) is 22.9 Å². The van der Waals surface area contributed by atoms with Crippen LogP contribution < -0.4 is 5.56 Å². The lowest BCUT2D eigenvalue weighted by molar-refractivity contribution is -0.142. The molecule has 0 bridgehead atoms. The molecule has 0 saturated heterocycles. The van der Waals surface area contributed by atoms with Crippen molar-refractivity contribution in [2.24, 2.45) is 7.05 Å². The molecular formula is C20H16F2N2O4. The Kier molecular flexibility index (Phi) is 5.58. The zero-order chi connectivity index (χ0) is 20.3. The Hall–Kier alpha value is -3.42. The quantitative estimate of drug-likeness (QED) is 0.481. The van der Waals surface area contributed by atoms with Crippen LogP contribution in [0, 0.1) is 11.6 Å². The Labute approximate surface area is 158 Å². The van der Waals surface area contributed by atoms with Crippen LogP contribution in [0.1, 0.15) is 22.6 Å². The highest BCUT2D eigenvalue weighted by atomic mass is 19.1. The van der Waals surface area contributed by atoms with Crippen LogP contribution in [0.15, 0.2) is 47.3 Å². The van der Waals surface area contributed by atoms with E-state index in [1.165, 1.54) is 4.57 Å². The fourth-order valence-corrected chi connectivity index (χ4v) is 2.71. The van der Waals surface area contributed by atoms with Gasteiger partial charge in [0.1, 0.15) is 17.5 Å². The van der Waals surface area contributed by atoms with Gasteiger partial charge in [0.25, 0.3) is 5.56 Å². The number of benzene rings is 2. The third-order valence-electron chi connectivity index (χ3n) is 4.22. The summed E-state index contributed by atoms with van der Waals surface area (Å²) >= 11 is 0. The maximum Gasteiger partial charge on any atom is 0.306 e. The van der Waals surface area contributed by atoms with Gasteiger partial charge in [0.2, 0.25) is 5.78 Å². The van der Waals surface area contributed by atoms with E-state index in [4.69, 9.17) is 4.74 Å². The van der Waals surface area contributed by atoms with E-state index in [2.05, 4.69) is 4.98 Å². The first kappa shape index (κ1) is 19.3. The number of ketones is 1. The Morgan fingerprint density at radius 2 is 1.89 bits per heavy atom. The van der Waals surface area contributed by atoms with Crippen LogP contribution in [0.3, 0.4) is 0 Å². The van der Waals surface area contributed by atoms with Gasteiger partial charge in [-0.05, 0) is 24.3 Å². The number of rotatable bonds is 6. The standard InChI is InChI=1S/C20H16F2N2O4/c1-24-18(23-16-5-3-2-4-14(16)20(24)27)8-9-19(26)28-11-17(25)13-7-6-12(21)10-15(13)22/h2-7,10H,8-9,11H2,1H3. The van der Waals surface area contributed by atoms with E-state index in [9.17, 15) is 23.2 Å². The number of hydrogen-bond acceptors (Lipinski definition) is 5. The summed E-state index contributed by atoms with van der Waals surface area (Å²) in [5.41, 5.74) is -0.0559. The van der Waals surface area contributed by atoms with E-state index < -0.39 is 30.0 Å². The number of ether oxygens (including phenoxy) is 1. The van der Waals surface area contributed by atoms with E-state index in [1.54, 1.807) is 31.3 Å². The minimum atomic E-state index is -1.02. The van der Waals surface area contributed by atoms with Gasteiger partial charge in [-0.25, -0.2) is 13.8 Å². The van der Waals surface area contributed by atoms with Gasteiger partial charge in [-0.15, -0.1) is 0 Å². The van der Waals surface area contributed by atoms with Crippen LogP contribution in [0.2, 0.25) is 0 Å². The number of carbonyl (C=O) groups excluding carboxylic acids is 2. The topological polar surface area (TPSA) is 78.3 Å². The van der Waals surface area contributed by atoms with Gasteiger partial charge >= 0.3 is 5.97 Å². The highest BCUT2D eigenvalue weighted by molar-refractivity contribution is 5.98. The molecule has 0 amide bonds. The number of esters is 1. The zero-order valence-corrected chi connectivity index (χ0v) is 14.9. The lowest BCUT2D eigenvalue weighted by Crippen LogP contribution is -2.23. The average Bonchev–Trinajstić information content (AvgIpc) is 2.67. The van der Waals surface area contributed by atoms with Gasteiger partial charge in [-0.2, -0.15) is 0 Å². The van der Waals surface area contributed by atoms with Crippen molar-refractivity contribution < 1.29 is 23.1 Å². The van der Waals surface area contributed by atoms with Crippen LogP contribution in [0.25, 0.3) is 10.9 Å². The number of Topliss-reactive ketones (excluding diaryl/α,β-unsaturated/α-hetero) is 1. The van der Waals surface area contributed by atoms with Crippen molar-refractivity contribution >= 4 is 22.7 Å². The van der Waals surface area contributed by atoms with Gasteiger partial charge in [0.15, 0.2) is 6.61 Å². The van der Waals surface area contributed by atoms with Crippen LogP contribution in [-0.4, -0.2) is 27.9 Å². The molecule has 0 aliphatic rings. The smallest absolute Gasteiger partial charge is 0.306 e. The van der Waals surface area contributed by atoms with Crippen molar-refractivity contribution in [2.45, 2.75) is 12.8 Å².